The number of methoxy groups -OCH3 is 1. The average molecular weight is 327 g/mol. The van der Waals surface area contributed by atoms with Crippen LogP contribution in [-0.2, 0) is 7.05 Å². The molecule has 1 saturated carbocycles. The van der Waals surface area contributed by atoms with Gasteiger partial charge in [-0.2, -0.15) is 0 Å². The van der Waals surface area contributed by atoms with Gasteiger partial charge in [0, 0.05) is 29.7 Å². The summed E-state index contributed by atoms with van der Waals surface area (Å²) < 4.78 is 7.67. The van der Waals surface area contributed by atoms with Crippen molar-refractivity contribution in [3.8, 4) is 5.75 Å². The summed E-state index contributed by atoms with van der Waals surface area (Å²) in [6.45, 7) is 4.48. The van der Waals surface area contributed by atoms with Crippen LogP contribution < -0.4 is 4.74 Å². The molecule has 0 radical (unpaired) electrons. The third kappa shape index (κ3) is 2.03. The molecule has 1 fully saturated rings. The number of hydrogen-bond donors (Lipinski definition) is 0. The Kier molecular flexibility index (Phi) is 2.99. The van der Waals surface area contributed by atoms with E-state index in [0.717, 1.165) is 11.3 Å². The minimum absolute atomic E-state index is 0.667. The van der Waals surface area contributed by atoms with Crippen molar-refractivity contribution in [1.29, 1.82) is 0 Å². The van der Waals surface area contributed by atoms with Crippen LogP contribution in [0.15, 0.2) is 55.2 Å². The highest BCUT2D eigenvalue weighted by Crippen LogP contribution is 2.56. The molecule has 2 aliphatic carbocycles. The number of fused-ring (bicyclic) bond motifs is 2. The molecule has 2 nitrogen and oxygen atoms in total. The van der Waals surface area contributed by atoms with Crippen LogP contribution in [0.3, 0.4) is 0 Å². The smallest absolute Gasteiger partial charge is 0.119 e. The normalized spacial score (nSPS) is 16.6. The summed E-state index contributed by atoms with van der Waals surface area (Å²) in [5.74, 6) is 1.56. The predicted octanol–water partition coefficient (Wildman–Crippen LogP) is 5.53. The topological polar surface area (TPSA) is 14.2 Å². The Morgan fingerprint density at radius 3 is 2.60 bits per heavy atom. The standard InChI is InChI=1S/C23H21NO/c1-14-19-12-16(25-3)10-11-18(19)23(15-8-9-15)22(14)20-13-24(2)21-7-5-4-6-17(20)21/h4-7,10-13,15H,1,8-9H2,2-3H3. The van der Waals surface area contributed by atoms with Gasteiger partial charge in [-0.1, -0.05) is 30.8 Å². The second kappa shape index (κ2) is 5.13. The van der Waals surface area contributed by atoms with Crippen molar-refractivity contribution in [3.05, 3.63) is 71.9 Å². The first kappa shape index (κ1) is 14.6. The lowest BCUT2D eigenvalue weighted by molar-refractivity contribution is 0.414. The molecule has 1 heterocycles. The molecule has 0 bridgehead atoms. The molecule has 2 aliphatic rings. The number of rotatable bonds is 3. The number of allylic oxidation sites excluding steroid dienone is 3. The molecule has 0 amide bonds. The number of hydrogen-bond acceptors (Lipinski definition) is 1. The van der Waals surface area contributed by atoms with Gasteiger partial charge in [-0.3, -0.25) is 0 Å². The Balaban J connectivity index is 1.79. The lowest BCUT2D eigenvalue weighted by Crippen LogP contribution is -1.89. The van der Waals surface area contributed by atoms with Crippen LogP contribution in [0, 0.1) is 5.92 Å². The van der Waals surface area contributed by atoms with Crippen LogP contribution in [0.1, 0.15) is 29.5 Å². The molecule has 124 valence electrons. The maximum atomic E-state index is 5.45. The second-order valence-electron chi connectivity index (χ2n) is 7.12. The summed E-state index contributed by atoms with van der Waals surface area (Å²) in [6.07, 6.45) is 4.82. The fraction of sp³-hybridized carbons (Fsp3) is 0.217. The first-order valence-corrected chi connectivity index (χ1v) is 8.85. The van der Waals surface area contributed by atoms with Crippen molar-refractivity contribution in [1.82, 2.24) is 4.57 Å². The minimum atomic E-state index is 0.667. The van der Waals surface area contributed by atoms with Crippen LogP contribution in [0.4, 0.5) is 0 Å². The molecule has 0 unspecified atom stereocenters. The maximum Gasteiger partial charge on any atom is 0.119 e. The predicted molar refractivity (Wildman–Crippen MR) is 104 cm³/mol. The SMILES string of the molecule is C=C1C(c2cn(C)c3ccccc23)=C(C2CC2)c2ccc(OC)cc21. The molecular formula is C23H21NO. The number of ether oxygens (including phenoxy) is 1. The lowest BCUT2D eigenvalue weighted by Gasteiger charge is -2.07. The minimum Gasteiger partial charge on any atom is -0.497 e. The van der Waals surface area contributed by atoms with Gasteiger partial charge in [-0.05, 0) is 64.8 Å². The average Bonchev–Trinajstić information content (AvgIpc) is 3.37. The zero-order valence-corrected chi connectivity index (χ0v) is 14.7. The summed E-state index contributed by atoms with van der Waals surface area (Å²) in [5, 5.41) is 1.30. The van der Waals surface area contributed by atoms with Gasteiger partial charge in [0.25, 0.3) is 0 Å². The van der Waals surface area contributed by atoms with E-state index in [9.17, 15) is 0 Å². The Morgan fingerprint density at radius 2 is 1.84 bits per heavy atom. The van der Waals surface area contributed by atoms with Crippen molar-refractivity contribution in [2.24, 2.45) is 13.0 Å². The van der Waals surface area contributed by atoms with E-state index in [-0.39, 0.29) is 0 Å². The van der Waals surface area contributed by atoms with E-state index in [1.54, 1.807) is 7.11 Å². The first-order chi connectivity index (χ1) is 12.2. The number of aryl methyl sites for hydroxylation is 1. The van der Waals surface area contributed by atoms with Crippen molar-refractivity contribution in [2.45, 2.75) is 12.8 Å². The van der Waals surface area contributed by atoms with E-state index < -0.39 is 0 Å². The number of nitrogens with zero attached hydrogens (tertiary/aromatic N) is 1. The van der Waals surface area contributed by atoms with E-state index in [2.05, 4.69) is 66.9 Å². The van der Waals surface area contributed by atoms with Gasteiger partial charge in [0.05, 0.1) is 7.11 Å². The van der Waals surface area contributed by atoms with Gasteiger partial charge >= 0.3 is 0 Å². The molecule has 0 spiro atoms. The van der Waals surface area contributed by atoms with Gasteiger partial charge < -0.3 is 9.30 Å². The van der Waals surface area contributed by atoms with Gasteiger partial charge in [-0.25, -0.2) is 0 Å². The summed E-state index contributed by atoms with van der Waals surface area (Å²) in [7, 11) is 3.84. The van der Waals surface area contributed by atoms with E-state index in [1.165, 1.54) is 51.6 Å². The monoisotopic (exact) mass is 327 g/mol. The van der Waals surface area contributed by atoms with E-state index in [0.29, 0.717) is 5.92 Å². The fourth-order valence-corrected chi connectivity index (χ4v) is 4.21. The van der Waals surface area contributed by atoms with E-state index in [4.69, 9.17) is 4.74 Å². The molecule has 2 heteroatoms. The van der Waals surface area contributed by atoms with Crippen molar-refractivity contribution in [3.63, 3.8) is 0 Å². The van der Waals surface area contributed by atoms with Crippen LogP contribution in [0.25, 0.3) is 27.6 Å². The van der Waals surface area contributed by atoms with Crippen molar-refractivity contribution < 1.29 is 4.74 Å². The first-order valence-electron chi connectivity index (χ1n) is 8.85. The van der Waals surface area contributed by atoms with Gasteiger partial charge in [0.15, 0.2) is 0 Å². The van der Waals surface area contributed by atoms with Crippen LogP contribution in [0.2, 0.25) is 0 Å². The number of benzene rings is 2. The van der Waals surface area contributed by atoms with Gasteiger partial charge in [0.1, 0.15) is 5.75 Å². The summed E-state index contributed by atoms with van der Waals surface area (Å²) in [5.41, 5.74) is 9.09. The molecule has 0 saturated heterocycles. The lowest BCUT2D eigenvalue weighted by atomic mass is 9.95. The molecular weight excluding hydrogens is 306 g/mol. The van der Waals surface area contributed by atoms with Crippen molar-refractivity contribution in [2.75, 3.05) is 7.11 Å². The molecule has 0 N–H and O–H groups in total. The van der Waals surface area contributed by atoms with Crippen molar-refractivity contribution >= 4 is 27.6 Å². The Hall–Kier alpha value is -2.74. The fourth-order valence-electron chi connectivity index (χ4n) is 4.21. The molecule has 1 aromatic heterocycles. The molecule has 2 aromatic carbocycles. The third-order valence-electron chi connectivity index (χ3n) is 5.57. The van der Waals surface area contributed by atoms with Crippen LogP contribution in [-0.4, -0.2) is 11.7 Å². The Labute approximate surface area is 148 Å². The summed E-state index contributed by atoms with van der Waals surface area (Å²) in [4.78, 5) is 0. The maximum absolute atomic E-state index is 5.45. The third-order valence-corrected chi connectivity index (χ3v) is 5.57. The summed E-state index contributed by atoms with van der Waals surface area (Å²) in [6, 6.07) is 15.1. The van der Waals surface area contributed by atoms with Gasteiger partial charge in [-0.15, -0.1) is 0 Å². The van der Waals surface area contributed by atoms with E-state index >= 15 is 0 Å². The highest BCUT2D eigenvalue weighted by atomic mass is 16.5. The van der Waals surface area contributed by atoms with Gasteiger partial charge in [0.2, 0.25) is 0 Å². The molecule has 3 aromatic rings. The zero-order chi connectivity index (χ0) is 17.1. The molecule has 25 heavy (non-hydrogen) atoms. The largest absolute Gasteiger partial charge is 0.497 e. The number of aromatic nitrogens is 1. The summed E-state index contributed by atoms with van der Waals surface area (Å²) >= 11 is 0. The van der Waals surface area contributed by atoms with Crippen LogP contribution in [0.5, 0.6) is 5.75 Å². The molecule has 0 aliphatic heterocycles. The Morgan fingerprint density at radius 1 is 1.04 bits per heavy atom. The second-order valence-corrected chi connectivity index (χ2v) is 7.12. The quantitative estimate of drug-likeness (QED) is 0.616. The molecule has 0 atom stereocenters. The number of para-hydroxylation sites is 1. The van der Waals surface area contributed by atoms with E-state index in [1.807, 2.05) is 0 Å². The highest BCUT2D eigenvalue weighted by molar-refractivity contribution is 6.24. The zero-order valence-electron chi connectivity index (χ0n) is 14.7. The van der Waals surface area contributed by atoms with Crippen LogP contribution >= 0.6 is 0 Å². The Bertz CT molecular complexity index is 1060. The highest BCUT2D eigenvalue weighted by Gasteiger charge is 2.37. The molecule has 5 rings (SSSR count).